The summed E-state index contributed by atoms with van der Waals surface area (Å²) in [6.07, 6.45) is 1.41. The summed E-state index contributed by atoms with van der Waals surface area (Å²) in [5.41, 5.74) is 0.923. The van der Waals surface area contributed by atoms with Gasteiger partial charge in [0.05, 0.1) is 11.1 Å². The summed E-state index contributed by atoms with van der Waals surface area (Å²) < 4.78 is 5.74. The molecule has 1 amide bonds. The van der Waals surface area contributed by atoms with Crippen LogP contribution in [-0.4, -0.2) is 17.6 Å². The van der Waals surface area contributed by atoms with Gasteiger partial charge in [-0.25, -0.2) is 0 Å². The van der Waals surface area contributed by atoms with Crippen molar-refractivity contribution >= 4 is 45.2 Å². The molecule has 5 nitrogen and oxygen atoms in total. The molecule has 2 rings (SSSR count). The number of phenolic OH excluding ortho intramolecular Hbond substituents is 1. The Morgan fingerprint density at radius 3 is 2.84 bits per heavy atom. The third kappa shape index (κ3) is 4.99. The van der Waals surface area contributed by atoms with Crippen molar-refractivity contribution in [1.82, 2.24) is 0 Å². The van der Waals surface area contributed by atoms with Gasteiger partial charge in [-0.2, -0.15) is 5.26 Å². The maximum Gasteiger partial charge on any atom is 0.266 e. The Balaban J connectivity index is 2.30. The molecule has 0 radical (unpaired) electrons. The van der Waals surface area contributed by atoms with Crippen LogP contribution in [0.25, 0.3) is 6.08 Å². The highest BCUT2D eigenvalue weighted by Crippen LogP contribution is 2.36. The maximum atomic E-state index is 12.3. The molecule has 0 aliphatic heterocycles. The van der Waals surface area contributed by atoms with Crippen LogP contribution in [0.4, 0.5) is 5.69 Å². The number of hydrogen-bond donors (Lipinski definition) is 2. The summed E-state index contributed by atoms with van der Waals surface area (Å²) in [6, 6.07) is 11.6. The first kappa shape index (κ1) is 18.8. The number of nitrogens with one attached hydrogen (secondary N) is 1. The lowest BCUT2D eigenvalue weighted by Crippen LogP contribution is -2.13. The Labute approximate surface area is 158 Å². The molecule has 0 heterocycles. The zero-order valence-electron chi connectivity index (χ0n) is 13.2. The Hall–Kier alpha value is -2.49. The standard InChI is InChI=1S/C18H14BrClN2O3/c1-2-25-16-8-11(7-15(19)17(16)23)6-12(10-21)18(24)22-14-5-3-4-13(20)9-14/h3-9,23H,2H2,1H3,(H,22,24)/b12-6+. The van der Waals surface area contributed by atoms with E-state index in [1.807, 2.05) is 6.07 Å². The number of carbonyl (C=O) groups excluding carboxylic acids is 1. The van der Waals surface area contributed by atoms with Crippen molar-refractivity contribution in [1.29, 1.82) is 5.26 Å². The summed E-state index contributed by atoms with van der Waals surface area (Å²) in [5, 5.41) is 22.3. The minimum atomic E-state index is -0.563. The molecule has 2 N–H and O–H groups in total. The van der Waals surface area contributed by atoms with Crippen LogP contribution in [0.15, 0.2) is 46.4 Å². The van der Waals surface area contributed by atoms with E-state index >= 15 is 0 Å². The average Bonchev–Trinajstić information content (AvgIpc) is 2.57. The number of aromatic hydroxyl groups is 1. The highest BCUT2D eigenvalue weighted by Gasteiger charge is 2.13. The number of halogens is 2. The minimum absolute atomic E-state index is 0.0408. The van der Waals surface area contributed by atoms with Crippen molar-refractivity contribution in [3.8, 4) is 17.6 Å². The zero-order chi connectivity index (χ0) is 18.4. The number of ether oxygens (including phenoxy) is 1. The van der Waals surface area contributed by atoms with Crippen LogP contribution < -0.4 is 10.1 Å². The van der Waals surface area contributed by atoms with Gasteiger partial charge in [0.15, 0.2) is 11.5 Å². The molecule has 0 saturated carbocycles. The minimum Gasteiger partial charge on any atom is -0.503 e. The summed E-state index contributed by atoms with van der Waals surface area (Å²) in [7, 11) is 0. The van der Waals surface area contributed by atoms with E-state index in [9.17, 15) is 15.2 Å². The fraction of sp³-hybridized carbons (Fsp3) is 0.111. The summed E-state index contributed by atoms with van der Waals surface area (Å²) >= 11 is 9.10. The summed E-state index contributed by atoms with van der Waals surface area (Å²) in [5.74, 6) is -0.344. The predicted octanol–water partition coefficient (Wildman–Crippen LogP) is 4.75. The van der Waals surface area contributed by atoms with Crippen LogP contribution in [0.3, 0.4) is 0 Å². The highest BCUT2D eigenvalue weighted by atomic mass is 79.9. The number of anilines is 1. The number of benzene rings is 2. The van der Waals surface area contributed by atoms with Gasteiger partial charge in [-0.15, -0.1) is 0 Å². The SMILES string of the molecule is CCOc1cc(/C=C(\C#N)C(=O)Nc2cccc(Cl)c2)cc(Br)c1O. The van der Waals surface area contributed by atoms with Gasteiger partial charge in [0, 0.05) is 10.7 Å². The van der Waals surface area contributed by atoms with Crippen molar-refractivity contribution in [2.45, 2.75) is 6.92 Å². The van der Waals surface area contributed by atoms with Gasteiger partial charge in [0.2, 0.25) is 0 Å². The van der Waals surface area contributed by atoms with E-state index < -0.39 is 5.91 Å². The number of amides is 1. The number of nitrogens with zero attached hydrogens (tertiary/aromatic N) is 1. The van der Waals surface area contributed by atoms with Crippen molar-refractivity contribution in [3.05, 3.63) is 57.0 Å². The maximum absolute atomic E-state index is 12.3. The van der Waals surface area contributed by atoms with Crippen molar-refractivity contribution in [2.75, 3.05) is 11.9 Å². The van der Waals surface area contributed by atoms with E-state index in [0.29, 0.717) is 27.4 Å². The Morgan fingerprint density at radius 1 is 1.44 bits per heavy atom. The van der Waals surface area contributed by atoms with E-state index in [1.54, 1.807) is 43.3 Å². The summed E-state index contributed by atoms with van der Waals surface area (Å²) in [6.45, 7) is 2.16. The molecular weight excluding hydrogens is 408 g/mol. The van der Waals surface area contributed by atoms with Gasteiger partial charge in [-0.3, -0.25) is 4.79 Å². The van der Waals surface area contributed by atoms with Gasteiger partial charge < -0.3 is 15.2 Å². The molecule has 0 unspecified atom stereocenters. The number of hydrogen-bond acceptors (Lipinski definition) is 4. The third-order valence-electron chi connectivity index (χ3n) is 3.11. The molecule has 0 aromatic heterocycles. The van der Waals surface area contributed by atoms with Crippen molar-refractivity contribution < 1.29 is 14.6 Å². The van der Waals surface area contributed by atoms with Crippen molar-refractivity contribution in [2.24, 2.45) is 0 Å². The number of carbonyl (C=O) groups is 1. The molecule has 2 aromatic rings. The van der Waals surface area contributed by atoms with E-state index in [0.717, 1.165) is 0 Å². The van der Waals surface area contributed by atoms with Crippen molar-refractivity contribution in [3.63, 3.8) is 0 Å². The molecule has 0 aliphatic carbocycles. The second-order valence-corrected chi connectivity index (χ2v) is 6.21. The topological polar surface area (TPSA) is 82.3 Å². The Bertz CT molecular complexity index is 875. The highest BCUT2D eigenvalue weighted by molar-refractivity contribution is 9.10. The number of phenols is 1. The first-order valence-electron chi connectivity index (χ1n) is 7.28. The molecule has 25 heavy (non-hydrogen) atoms. The van der Waals surface area contributed by atoms with Gasteiger partial charge in [-0.1, -0.05) is 17.7 Å². The second-order valence-electron chi connectivity index (χ2n) is 4.92. The molecule has 0 fully saturated rings. The first-order chi connectivity index (χ1) is 11.9. The van der Waals surface area contributed by atoms with Gasteiger partial charge in [0.25, 0.3) is 5.91 Å². The van der Waals surface area contributed by atoms with E-state index in [2.05, 4.69) is 21.2 Å². The molecular formula is C18H14BrClN2O3. The lowest BCUT2D eigenvalue weighted by Gasteiger charge is -2.09. The first-order valence-corrected chi connectivity index (χ1v) is 8.45. The smallest absolute Gasteiger partial charge is 0.266 e. The molecule has 0 saturated heterocycles. The van der Waals surface area contributed by atoms with Gasteiger partial charge in [-0.05, 0) is 64.8 Å². The largest absolute Gasteiger partial charge is 0.503 e. The fourth-order valence-electron chi connectivity index (χ4n) is 2.02. The molecule has 0 spiro atoms. The van der Waals surface area contributed by atoms with Crippen LogP contribution in [-0.2, 0) is 4.79 Å². The predicted molar refractivity (Wildman–Crippen MR) is 101 cm³/mol. The molecule has 0 bridgehead atoms. The normalized spacial score (nSPS) is 10.9. The lowest BCUT2D eigenvalue weighted by molar-refractivity contribution is -0.112. The van der Waals surface area contributed by atoms with Gasteiger partial charge in [0.1, 0.15) is 11.6 Å². The second kappa shape index (κ2) is 8.56. The van der Waals surface area contributed by atoms with Crippen LogP contribution >= 0.6 is 27.5 Å². The Morgan fingerprint density at radius 2 is 2.20 bits per heavy atom. The van der Waals surface area contributed by atoms with Crippen LogP contribution in [0.5, 0.6) is 11.5 Å². The van der Waals surface area contributed by atoms with Crippen LogP contribution in [0.2, 0.25) is 5.02 Å². The molecule has 2 aromatic carbocycles. The number of rotatable bonds is 5. The lowest BCUT2D eigenvalue weighted by atomic mass is 10.1. The summed E-state index contributed by atoms with van der Waals surface area (Å²) in [4.78, 5) is 12.3. The third-order valence-corrected chi connectivity index (χ3v) is 3.95. The fourth-order valence-corrected chi connectivity index (χ4v) is 2.67. The van der Waals surface area contributed by atoms with E-state index in [4.69, 9.17) is 16.3 Å². The zero-order valence-corrected chi connectivity index (χ0v) is 15.6. The quantitative estimate of drug-likeness (QED) is 0.539. The Kier molecular flexibility index (Phi) is 6.45. The average molecular weight is 422 g/mol. The van der Waals surface area contributed by atoms with E-state index in [-0.39, 0.29) is 17.1 Å². The molecule has 0 aliphatic rings. The monoisotopic (exact) mass is 420 g/mol. The van der Waals surface area contributed by atoms with Crippen LogP contribution in [0, 0.1) is 11.3 Å². The number of nitriles is 1. The molecule has 128 valence electrons. The van der Waals surface area contributed by atoms with E-state index in [1.165, 1.54) is 6.08 Å². The van der Waals surface area contributed by atoms with Crippen LogP contribution in [0.1, 0.15) is 12.5 Å². The molecule has 7 heteroatoms. The molecule has 0 atom stereocenters. The van der Waals surface area contributed by atoms with Gasteiger partial charge >= 0.3 is 0 Å².